The molecule has 0 aromatic heterocycles. The van der Waals surface area contributed by atoms with Crippen LogP contribution in [-0.2, 0) is 11.2 Å². The Kier molecular flexibility index (Phi) is 4.51. The molecule has 0 spiro atoms. The van der Waals surface area contributed by atoms with Gasteiger partial charge in [-0.05, 0) is 37.0 Å². The number of fused-ring (bicyclic) bond motifs is 1. The standard InChI is InChI=1S/C20H20FN3O3/c21-16-5-6-18(24(26)27)19(13-16)22-10-7-15(8-11-22)20(25)23-12-9-14-3-1-2-4-17(14)23/h1-6,13,15H,7-12H2. The van der Waals surface area contributed by atoms with Crippen LogP contribution >= 0.6 is 0 Å². The largest absolute Gasteiger partial charge is 0.366 e. The van der Waals surface area contributed by atoms with Gasteiger partial charge in [0.05, 0.1) is 4.92 Å². The number of nitro benzene ring substituents is 1. The van der Waals surface area contributed by atoms with E-state index in [9.17, 15) is 19.3 Å². The van der Waals surface area contributed by atoms with Gasteiger partial charge in [-0.15, -0.1) is 0 Å². The van der Waals surface area contributed by atoms with Crippen LogP contribution in [-0.4, -0.2) is 30.5 Å². The average Bonchev–Trinajstić information content (AvgIpc) is 3.11. The van der Waals surface area contributed by atoms with Gasteiger partial charge in [0.25, 0.3) is 5.69 Å². The number of halogens is 1. The van der Waals surface area contributed by atoms with Gasteiger partial charge in [-0.1, -0.05) is 18.2 Å². The third-order valence-electron chi connectivity index (χ3n) is 5.47. The zero-order valence-corrected chi connectivity index (χ0v) is 14.8. The van der Waals surface area contributed by atoms with Crippen LogP contribution in [0.15, 0.2) is 42.5 Å². The minimum Gasteiger partial charge on any atom is -0.366 e. The van der Waals surface area contributed by atoms with Crippen molar-refractivity contribution in [3.63, 3.8) is 0 Å². The third-order valence-corrected chi connectivity index (χ3v) is 5.47. The van der Waals surface area contributed by atoms with Crippen molar-refractivity contribution in [2.24, 2.45) is 5.92 Å². The summed E-state index contributed by atoms with van der Waals surface area (Å²) in [6, 6.07) is 11.5. The van der Waals surface area contributed by atoms with E-state index in [-0.39, 0.29) is 23.2 Å². The van der Waals surface area contributed by atoms with Gasteiger partial charge >= 0.3 is 0 Å². The van der Waals surface area contributed by atoms with Crippen LogP contribution in [0.3, 0.4) is 0 Å². The number of amides is 1. The molecule has 0 bridgehead atoms. The van der Waals surface area contributed by atoms with Crippen LogP contribution in [0, 0.1) is 21.8 Å². The highest BCUT2D eigenvalue weighted by Gasteiger charge is 2.33. The topological polar surface area (TPSA) is 66.7 Å². The second-order valence-corrected chi connectivity index (χ2v) is 7.02. The molecule has 0 saturated carbocycles. The average molecular weight is 369 g/mol. The first kappa shape index (κ1) is 17.5. The minimum absolute atomic E-state index is 0.102. The zero-order chi connectivity index (χ0) is 19.0. The molecule has 2 heterocycles. The maximum atomic E-state index is 13.6. The molecule has 140 valence electrons. The van der Waals surface area contributed by atoms with E-state index in [0.29, 0.717) is 32.5 Å². The van der Waals surface area contributed by atoms with Crippen molar-refractivity contribution in [3.05, 3.63) is 64.0 Å². The third kappa shape index (κ3) is 3.25. The Morgan fingerprint density at radius 2 is 1.81 bits per heavy atom. The highest BCUT2D eigenvalue weighted by atomic mass is 19.1. The fourth-order valence-electron chi connectivity index (χ4n) is 4.06. The van der Waals surface area contributed by atoms with Crippen molar-refractivity contribution in [2.75, 3.05) is 29.4 Å². The number of nitro groups is 1. The van der Waals surface area contributed by atoms with Crippen LogP contribution in [0.4, 0.5) is 21.5 Å². The van der Waals surface area contributed by atoms with Gasteiger partial charge in [0, 0.05) is 43.4 Å². The number of nitrogens with zero attached hydrogens (tertiary/aromatic N) is 3. The van der Waals surface area contributed by atoms with Gasteiger partial charge in [0.1, 0.15) is 11.5 Å². The van der Waals surface area contributed by atoms with Crippen LogP contribution in [0.1, 0.15) is 18.4 Å². The van der Waals surface area contributed by atoms with E-state index in [1.165, 1.54) is 17.7 Å². The monoisotopic (exact) mass is 369 g/mol. The molecule has 2 aliphatic rings. The lowest BCUT2D eigenvalue weighted by atomic mass is 9.94. The van der Waals surface area contributed by atoms with Crippen molar-refractivity contribution in [1.29, 1.82) is 0 Å². The molecule has 0 N–H and O–H groups in total. The van der Waals surface area contributed by atoms with Gasteiger partial charge < -0.3 is 9.80 Å². The summed E-state index contributed by atoms with van der Waals surface area (Å²) >= 11 is 0. The number of anilines is 2. The Balaban J connectivity index is 1.46. The molecular weight excluding hydrogens is 349 g/mol. The fourth-order valence-corrected chi connectivity index (χ4v) is 4.06. The van der Waals surface area contributed by atoms with Gasteiger partial charge in [0.2, 0.25) is 5.91 Å². The first-order valence-corrected chi connectivity index (χ1v) is 9.13. The first-order chi connectivity index (χ1) is 13.0. The number of carbonyl (C=O) groups excluding carboxylic acids is 1. The molecular formula is C20H20FN3O3. The second-order valence-electron chi connectivity index (χ2n) is 7.02. The number of para-hydroxylation sites is 1. The zero-order valence-electron chi connectivity index (χ0n) is 14.8. The number of benzene rings is 2. The van der Waals surface area contributed by atoms with E-state index in [2.05, 4.69) is 0 Å². The van der Waals surface area contributed by atoms with E-state index in [1.807, 2.05) is 34.1 Å². The summed E-state index contributed by atoms with van der Waals surface area (Å²) in [5.74, 6) is -0.490. The van der Waals surface area contributed by atoms with Crippen molar-refractivity contribution >= 4 is 23.0 Å². The van der Waals surface area contributed by atoms with Gasteiger partial charge in [-0.3, -0.25) is 14.9 Å². The van der Waals surface area contributed by atoms with E-state index in [0.717, 1.165) is 18.2 Å². The first-order valence-electron chi connectivity index (χ1n) is 9.13. The summed E-state index contributed by atoms with van der Waals surface area (Å²) in [6.45, 7) is 1.69. The predicted molar refractivity (Wildman–Crippen MR) is 100 cm³/mol. The van der Waals surface area contributed by atoms with Crippen LogP contribution in [0.2, 0.25) is 0 Å². The molecule has 1 amide bonds. The maximum Gasteiger partial charge on any atom is 0.292 e. The Bertz CT molecular complexity index is 894. The van der Waals surface area contributed by atoms with Crippen molar-refractivity contribution in [3.8, 4) is 0 Å². The number of hydrogen-bond donors (Lipinski definition) is 0. The fraction of sp³-hybridized carbons (Fsp3) is 0.350. The molecule has 4 rings (SSSR count). The van der Waals surface area contributed by atoms with E-state index >= 15 is 0 Å². The van der Waals surface area contributed by atoms with Crippen LogP contribution in [0.25, 0.3) is 0 Å². The van der Waals surface area contributed by atoms with Gasteiger partial charge in [-0.25, -0.2) is 4.39 Å². The van der Waals surface area contributed by atoms with Crippen LogP contribution in [0.5, 0.6) is 0 Å². The number of rotatable bonds is 3. The Hall–Kier alpha value is -2.96. The van der Waals surface area contributed by atoms with Gasteiger partial charge in [-0.2, -0.15) is 0 Å². The summed E-state index contributed by atoms with van der Waals surface area (Å²) < 4.78 is 13.6. The highest BCUT2D eigenvalue weighted by Crippen LogP contribution is 2.34. The lowest BCUT2D eigenvalue weighted by Gasteiger charge is -2.34. The number of piperidine rings is 1. The van der Waals surface area contributed by atoms with Crippen LogP contribution < -0.4 is 9.80 Å². The normalized spacial score (nSPS) is 17.1. The summed E-state index contributed by atoms with van der Waals surface area (Å²) in [5.41, 5.74) is 2.37. The Morgan fingerprint density at radius 3 is 2.56 bits per heavy atom. The predicted octanol–water partition coefficient (Wildman–Crippen LogP) is 3.54. The smallest absolute Gasteiger partial charge is 0.292 e. The molecule has 2 aromatic rings. The summed E-state index contributed by atoms with van der Waals surface area (Å²) in [4.78, 5) is 27.4. The van der Waals surface area contributed by atoms with Crippen molar-refractivity contribution in [1.82, 2.24) is 0 Å². The van der Waals surface area contributed by atoms with Crippen molar-refractivity contribution in [2.45, 2.75) is 19.3 Å². The summed E-state index contributed by atoms with van der Waals surface area (Å²) in [7, 11) is 0. The summed E-state index contributed by atoms with van der Waals surface area (Å²) in [6.07, 6.45) is 2.08. The molecule has 0 aliphatic carbocycles. The molecule has 7 heteroatoms. The molecule has 27 heavy (non-hydrogen) atoms. The summed E-state index contributed by atoms with van der Waals surface area (Å²) in [5, 5.41) is 11.2. The molecule has 0 atom stereocenters. The number of carbonyl (C=O) groups is 1. The number of hydrogen-bond acceptors (Lipinski definition) is 4. The van der Waals surface area contributed by atoms with E-state index in [1.54, 1.807) is 0 Å². The second kappa shape index (κ2) is 6.98. The van der Waals surface area contributed by atoms with Crippen molar-refractivity contribution < 1.29 is 14.1 Å². The highest BCUT2D eigenvalue weighted by molar-refractivity contribution is 5.97. The SMILES string of the molecule is O=C(C1CCN(c2cc(F)ccc2[N+](=O)[O-])CC1)N1CCc2ccccc21. The van der Waals surface area contributed by atoms with E-state index < -0.39 is 10.7 Å². The quantitative estimate of drug-likeness (QED) is 0.613. The van der Waals surface area contributed by atoms with E-state index in [4.69, 9.17) is 0 Å². The Labute approximate surface area is 156 Å². The lowest BCUT2D eigenvalue weighted by Crippen LogP contribution is -2.42. The molecule has 6 nitrogen and oxygen atoms in total. The molecule has 2 aromatic carbocycles. The minimum atomic E-state index is -0.498. The maximum absolute atomic E-state index is 13.6. The lowest BCUT2D eigenvalue weighted by molar-refractivity contribution is -0.384. The molecule has 0 radical (unpaired) electrons. The van der Waals surface area contributed by atoms with Gasteiger partial charge in [0.15, 0.2) is 0 Å². The molecule has 2 aliphatic heterocycles. The molecule has 1 saturated heterocycles. The molecule has 0 unspecified atom stereocenters. The molecule has 1 fully saturated rings. The Morgan fingerprint density at radius 1 is 1.07 bits per heavy atom.